The Hall–Kier alpha value is -2.16. The number of piperidine rings is 1. The van der Waals surface area contributed by atoms with Crippen LogP contribution in [0.25, 0.3) is 0 Å². The molecule has 1 saturated heterocycles. The summed E-state index contributed by atoms with van der Waals surface area (Å²) in [6.07, 6.45) is 3.86. The van der Waals surface area contributed by atoms with Gasteiger partial charge in [-0.05, 0) is 74.5 Å². The summed E-state index contributed by atoms with van der Waals surface area (Å²) in [4.78, 5) is 15.5. The van der Waals surface area contributed by atoms with Crippen LogP contribution in [0.4, 0.5) is 0 Å². The number of hydrogen-bond acceptors (Lipinski definition) is 5. The molecule has 1 aromatic carbocycles. The molecule has 1 aromatic heterocycles. The highest BCUT2D eigenvalue weighted by atomic mass is 32.2. The Balaban J connectivity index is 1.68. The molecule has 176 valence electrons. The Morgan fingerprint density at radius 1 is 1.22 bits per heavy atom. The van der Waals surface area contributed by atoms with Crippen molar-refractivity contribution < 1.29 is 17.6 Å². The average molecular weight is 462 g/mol. The van der Waals surface area contributed by atoms with Gasteiger partial charge in [0, 0.05) is 18.2 Å². The molecule has 2 N–H and O–H groups in total. The highest BCUT2D eigenvalue weighted by molar-refractivity contribution is 7.89. The molecule has 32 heavy (non-hydrogen) atoms. The summed E-state index contributed by atoms with van der Waals surface area (Å²) in [5.74, 6) is 1.43. The van der Waals surface area contributed by atoms with Gasteiger partial charge in [0.15, 0.2) is 0 Å². The number of carbonyl (C=O) groups is 1. The smallest absolute Gasteiger partial charge is 0.251 e. The zero-order chi connectivity index (χ0) is 23.3. The van der Waals surface area contributed by atoms with Crippen LogP contribution in [0.1, 0.15) is 55.3 Å². The molecule has 1 aliphatic rings. The zero-order valence-electron chi connectivity index (χ0n) is 19.4. The lowest BCUT2D eigenvalue weighted by molar-refractivity contribution is 0.0862. The summed E-state index contributed by atoms with van der Waals surface area (Å²) in [5.41, 5.74) is 1.11. The topological polar surface area (TPSA) is 91.6 Å². The lowest BCUT2D eigenvalue weighted by Gasteiger charge is -2.39. The molecule has 0 aliphatic carbocycles. The highest BCUT2D eigenvalue weighted by Crippen LogP contribution is 2.21. The molecule has 7 nitrogen and oxygen atoms in total. The minimum absolute atomic E-state index is 0.0509. The third-order valence-electron chi connectivity index (χ3n) is 6.31. The van der Waals surface area contributed by atoms with Gasteiger partial charge in [0.1, 0.15) is 5.76 Å². The third kappa shape index (κ3) is 6.21. The molecule has 0 radical (unpaired) electrons. The first-order chi connectivity index (χ1) is 15.2. The van der Waals surface area contributed by atoms with Crippen molar-refractivity contribution in [3.63, 3.8) is 0 Å². The number of sulfonamides is 1. The number of aryl methyl sites for hydroxylation is 1. The fourth-order valence-electron chi connectivity index (χ4n) is 4.11. The molecule has 1 unspecified atom stereocenters. The van der Waals surface area contributed by atoms with E-state index in [0.29, 0.717) is 23.8 Å². The molecule has 3 rings (SSSR count). The molecule has 1 fully saturated rings. The first-order valence-corrected chi connectivity index (χ1v) is 12.8. The van der Waals surface area contributed by atoms with Crippen molar-refractivity contribution in [2.75, 3.05) is 19.6 Å². The number of nitrogens with one attached hydrogen (secondary N) is 2. The summed E-state index contributed by atoms with van der Waals surface area (Å²) in [7, 11) is -3.77. The fourth-order valence-corrected chi connectivity index (χ4v) is 5.13. The molecule has 1 aliphatic heterocycles. The van der Waals surface area contributed by atoms with E-state index in [2.05, 4.69) is 35.7 Å². The number of hydrogen-bond donors (Lipinski definition) is 2. The van der Waals surface area contributed by atoms with E-state index in [9.17, 15) is 13.2 Å². The number of likely N-dealkylation sites (tertiary alicyclic amines) is 1. The van der Waals surface area contributed by atoms with Gasteiger partial charge in [-0.25, -0.2) is 13.1 Å². The molecular formula is C24H35N3O4S. The van der Waals surface area contributed by atoms with E-state index < -0.39 is 10.0 Å². The number of furan rings is 1. The molecular weight excluding hydrogens is 426 g/mol. The average Bonchev–Trinajstić information content (AvgIpc) is 3.27. The van der Waals surface area contributed by atoms with Crippen molar-refractivity contribution in [1.82, 2.24) is 14.9 Å². The maximum absolute atomic E-state index is 13.0. The molecule has 0 bridgehead atoms. The lowest BCUT2D eigenvalue weighted by Crippen LogP contribution is -2.49. The Morgan fingerprint density at radius 2 is 1.94 bits per heavy atom. The largest absolute Gasteiger partial charge is 0.468 e. The van der Waals surface area contributed by atoms with E-state index >= 15 is 0 Å². The minimum atomic E-state index is -3.77. The van der Waals surface area contributed by atoms with E-state index in [0.717, 1.165) is 24.6 Å². The molecule has 0 saturated carbocycles. The second kappa shape index (κ2) is 10.6. The summed E-state index contributed by atoms with van der Waals surface area (Å²) in [6, 6.07) is 8.29. The van der Waals surface area contributed by atoms with Gasteiger partial charge in [0.2, 0.25) is 10.0 Å². The maximum Gasteiger partial charge on any atom is 0.251 e. The Morgan fingerprint density at radius 3 is 2.56 bits per heavy atom. The van der Waals surface area contributed by atoms with Crippen LogP contribution in [0.15, 0.2) is 45.9 Å². The molecule has 8 heteroatoms. The van der Waals surface area contributed by atoms with Crippen LogP contribution in [-0.4, -0.2) is 44.9 Å². The van der Waals surface area contributed by atoms with Gasteiger partial charge in [-0.15, -0.1) is 0 Å². The second-order valence-corrected chi connectivity index (χ2v) is 10.9. The predicted octanol–water partition coefficient (Wildman–Crippen LogP) is 3.55. The zero-order valence-corrected chi connectivity index (χ0v) is 20.2. The summed E-state index contributed by atoms with van der Waals surface area (Å²) < 4.78 is 33.1. The number of benzene rings is 1. The van der Waals surface area contributed by atoms with Crippen LogP contribution < -0.4 is 10.0 Å². The standard InChI is InChI=1S/C24H35N3O4S/c1-17(2)23(27-11-9-18(3)10-12-27)16-25-24(28)22-14-21(8-7-19(22)4)32(29,30)26-15-20-6-5-13-31-20/h5-8,13-14,17-18,23,26H,9-12,15-16H2,1-4H3,(H,25,28). The van der Waals surface area contributed by atoms with Gasteiger partial charge in [-0.3, -0.25) is 9.69 Å². The normalized spacial score (nSPS) is 16.9. The number of rotatable bonds is 9. The van der Waals surface area contributed by atoms with Gasteiger partial charge < -0.3 is 9.73 Å². The van der Waals surface area contributed by atoms with Crippen LogP contribution in [0.3, 0.4) is 0 Å². The van der Waals surface area contributed by atoms with Crippen molar-refractivity contribution in [2.24, 2.45) is 11.8 Å². The van der Waals surface area contributed by atoms with Gasteiger partial charge in [0.05, 0.1) is 17.7 Å². The number of amides is 1. The monoisotopic (exact) mass is 461 g/mol. The second-order valence-electron chi connectivity index (χ2n) is 9.12. The van der Waals surface area contributed by atoms with E-state index in [1.807, 2.05) is 6.92 Å². The quantitative estimate of drug-likeness (QED) is 0.596. The van der Waals surface area contributed by atoms with E-state index in [1.54, 1.807) is 18.2 Å². The predicted molar refractivity (Wildman–Crippen MR) is 125 cm³/mol. The first-order valence-electron chi connectivity index (χ1n) is 11.3. The molecule has 1 amide bonds. The molecule has 2 aromatic rings. The van der Waals surface area contributed by atoms with Crippen molar-refractivity contribution in [3.8, 4) is 0 Å². The van der Waals surface area contributed by atoms with Crippen LogP contribution in [0.5, 0.6) is 0 Å². The van der Waals surface area contributed by atoms with Gasteiger partial charge in [-0.2, -0.15) is 0 Å². The number of carbonyl (C=O) groups excluding carboxylic acids is 1. The van der Waals surface area contributed by atoms with Crippen LogP contribution >= 0.6 is 0 Å². The van der Waals surface area contributed by atoms with Crippen LogP contribution in [-0.2, 0) is 16.6 Å². The lowest BCUT2D eigenvalue weighted by atomic mass is 9.94. The molecule has 1 atom stereocenters. The van der Waals surface area contributed by atoms with E-state index in [1.165, 1.54) is 31.2 Å². The van der Waals surface area contributed by atoms with Crippen molar-refractivity contribution in [2.45, 2.75) is 58.0 Å². The Kier molecular flexibility index (Phi) is 8.14. The summed E-state index contributed by atoms with van der Waals surface area (Å²) in [6.45, 7) is 11.1. The van der Waals surface area contributed by atoms with Gasteiger partial charge in [-0.1, -0.05) is 26.8 Å². The van der Waals surface area contributed by atoms with Crippen LogP contribution in [0, 0.1) is 18.8 Å². The van der Waals surface area contributed by atoms with Crippen molar-refractivity contribution in [3.05, 3.63) is 53.5 Å². The SMILES string of the molecule is Cc1ccc(S(=O)(=O)NCc2ccco2)cc1C(=O)NCC(C(C)C)N1CCC(C)CC1. The molecule has 0 spiro atoms. The fraction of sp³-hybridized carbons (Fsp3) is 0.542. The van der Waals surface area contributed by atoms with Gasteiger partial charge >= 0.3 is 0 Å². The summed E-state index contributed by atoms with van der Waals surface area (Å²) >= 11 is 0. The Labute approximate surface area is 191 Å². The molecule has 2 heterocycles. The van der Waals surface area contributed by atoms with E-state index in [-0.39, 0.29) is 23.4 Å². The Bertz CT molecular complexity index is 994. The van der Waals surface area contributed by atoms with Crippen molar-refractivity contribution in [1.29, 1.82) is 0 Å². The van der Waals surface area contributed by atoms with Gasteiger partial charge in [0.25, 0.3) is 5.91 Å². The van der Waals surface area contributed by atoms with E-state index in [4.69, 9.17) is 4.42 Å². The highest BCUT2D eigenvalue weighted by Gasteiger charge is 2.26. The summed E-state index contributed by atoms with van der Waals surface area (Å²) in [5, 5.41) is 3.05. The third-order valence-corrected chi connectivity index (χ3v) is 7.71. The minimum Gasteiger partial charge on any atom is -0.468 e. The maximum atomic E-state index is 13.0. The first kappa shape index (κ1) is 24.5. The number of nitrogens with zero attached hydrogens (tertiary/aromatic N) is 1. The van der Waals surface area contributed by atoms with Crippen molar-refractivity contribution >= 4 is 15.9 Å². The van der Waals surface area contributed by atoms with Crippen LogP contribution in [0.2, 0.25) is 0 Å².